The molecule has 2 heterocycles. The number of carbonyl (C=O) groups is 3. The van der Waals surface area contributed by atoms with E-state index in [9.17, 15) is 14.4 Å². The number of hydrogen-bond acceptors (Lipinski definition) is 6. The summed E-state index contributed by atoms with van der Waals surface area (Å²) in [4.78, 5) is 38.3. The number of anilines is 1. The summed E-state index contributed by atoms with van der Waals surface area (Å²) < 4.78 is 0. The zero-order chi connectivity index (χ0) is 19.6. The van der Waals surface area contributed by atoms with Gasteiger partial charge in [0.05, 0.1) is 0 Å². The molecule has 2 aromatic rings. The molecular weight excluding hydrogens is 366 g/mol. The highest BCUT2D eigenvalue weighted by Crippen LogP contribution is 2.29. The van der Waals surface area contributed by atoms with Gasteiger partial charge in [-0.3, -0.25) is 19.8 Å². The third-order valence-electron chi connectivity index (χ3n) is 4.38. The molecule has 1 atom stereocenters. The summed E-state index contributed by atoms with van der Waals surface area (Å²) in [6.45, 7) is 5.23. The van der Waals surface area contributed by atoms with E-state index >= 15 is 0 Å². The lowest BCUT2D eigenvalue weighted by Crippen LogP contribution is -2.42. The van der Waals surface area contributed by atoms with E-state index in [1.165, 1.54) is 11.3 Å². The summed E-state index contributed by atoms with van der Waals surface area (Å²) in [6, 6.07) is 6.75. The lowest BCUT2D eigenvalue weighted by atomic mass is 9.91. The molecule has 0 spiro atoms. The van der Waals surface area contributed by atoms with Gasteiger partial charge in [0.15, 0.2) is 0 Å². The van der Waals surface area contributed by atoms with Crippen LogP contribution in [0.3, 0.4) is 0 Å². The summed E-state index contributed by atoms with van der Waals surface area (Å²) in [6.07, 6.45) is 1.72. The number of urea groups is 1. The Hall–Kier alpha value is -2.81. The van der Waals surface area contributed by atoms with Crippen LogP contribution in [0.2, 0.25) is 0 Å². The zero-order valence-electron chi connectivity index (χ0n) is 15.4. The normalized spacial score (nSPS) is 19.3. The lowest BCUT2D eigenvalue weighted by Gasteiger charge is -2.22. The minimum Gasteiger partial charge on any atom is -0.319 e. The molecule has 0 radical (unpaired) electrons. The molecule has 8 nitrogen and oxygen atoms in total. The van der Waals surface area contributed by atoms with Crippen molar-refractivity contribution in [1.82, 2.24) is 20.4 Å². The second-order valence-corrected chi connectivity index (χ2v) is 7.67. The Labute approximate surface area is 161 Å². The van der Waals surface area contributed by atoms with Gasteiger partial charge in [-0.2, -0.15) is 0 Å². The number of hydrogen-bond donors (Lipinski definition) is 2. The van der Waals surface area contributed by atoms with Gasteiger partial charge < -0.3 is 5.32 Å². The number of benzene rings is 1. The van der Waals surface area contributed by atoms with Crippen LogP contribution in [-0.2, 0) is 21.5 Å². The Morgan fingerprint density at radius 2 is 1.96 bits per heavy atom. The molecule has 9 heteroatoms. The van der Waals surface area contributed by atoms with Crippen LogP contribution < -0.4 is 10.6 Å². The van der Waals surface area contributed by atoms with Crippen LogP contribution in [-0.4, -0.2) is 39.5 Å². The van der Waals surface area contributed by atoms with Gasteiger partial charge >= 0.3 is 6.03 Å². The molecule has 27 heavy (non-hydrogen) atoms. The Morgan fingerprint density at radius 3 is 2.63 bits per heavy atom. The van der Waals surface area contributed by atoms with Crippen molar-refractivity contribution >= 4 is 34.3 Å². The quantitative estimate of drug-likeness (QED) is 0.740. The first-order valence-corrected chi connectivity index (χ1v) is 9.48. The first kappa shape index (κ1) is 19.0. The van der Waals surface area contributed by atoms with E-state index in [2.05, 4.69) is 20.8 Å². The summed E-state index contributed by atoms with van der Waals surface area (Å²) in [5.41, 5.74) is 0.528. The van der Waals surface area contributed by atoms with Crippen LogP contribution >= 0.6 is 11.3 Å². The van der Waals surface area contributed by atoms with Crippen LogP contribution in [0.5, 0.6) is 0 Å². The van der Waals surface area contributed by atoms with Crippen molar-refractivity contribution in [3.05, 3.63) is 40.4 Å². The fourth-order valence-electron chi connectivity index (χ4n) is 2.84. The Kier molecular flexibility index (Phi) is 5.22. The molecule has 142 valence electrons. The molecule has 3 rings (SSSR count). The van der Waals surface area contributed by atoms with Crippen molar-refractivity contribution in [2.45, 2.75) is 39.2 Å². The molecule has 1 unspecified atom stereocenters. The van der Waals surface area contributed by atoms with E-state index in [1.807, 2.05) is 26.0 Å². The first-order chi connectivity index (χ1) is 12.8. The first-order valence-electron chi connectivity index (χ1n) is 8.67. The van der Waals surface area contributed by atoms with E-state index in [0.29, 0.717) is 10.7 Å². The van der Waals surface area contributed by atoms with Gasteiger partial charge in [-0.1, -0.05) is 48.1 Å². The Morgan fingerprint density at radius 1 is 1.26 bits per heavy atom. The Balaban J connectivity index is 1.69. The standard InChI is InChI=1S/C18H21N5O3S/c1-4-5-14-21-22-16(27-14)19-13(24)10-23-15(25)18(3,20-17(23)26)12-8-6-11(2)7-9-12/h6-9H,4-5,10H2,1-3H3,(H,20,26)(H,19,22,24). The van der Waals surface area contributed by atoms with Crippen molar-refractivity contribution in [3.63, 3.8) is 0 Å². The summed E-state index contributed by atoms with van der Waals surface area (Å²) in [5.74, 6) is -0.957. The number of aryl methyl sites for hydroxylation is 2. The van der Waals surface area contributed by atoms with Crippen molar-refractivity contribution in [3.8, 4) is 0 Å². The number of aromatic nitrogens is 2. The fraction of sp³-hybridized carbons (Fsp3) is 0.389. The Bertz CT molecular complexity index is 879. The van der Waals surface area contributed by atoms with Crippen molar-refractivity contribution in [1.29, 1.82) is 0 Å². The number of carbonyl (C=O) groups excluding carboxylic acids is 3. The van der Waals surface area contributed by atoms with E-state index in [-0.39, 0.29) is 6.54 Å². The predicted molar refractivity (Wildman–Crippen MR) is 101 cm³/mol. The SMILES string of the molecule is CCCc1nnc(NC(=O)CN2C(=O)NC(C)(c3ccc(C)cc3)C2=O)s1. The molecule has 0 aliphatic carbocycles. The van der Waals surface area contributed by atoms with Crippen LogP contribution in [0.1, 0.15) is 36.4 Å². The van der Waals surface area contributed by atoms with E-state index < -0.39 is 23.4 Å². The topological polar surface area (TPSA) is 104 Å². The molecule has 2 N–H and O–H groups in total. The van der Waals surface area contributed by atoms with Crippen LogP contribution in [0.15, 0.2) is 24.3 Å². The predicted octanol–water partition coefficient (Wildman–Crippen LogP) is 2.20. The second kappa shape index (κ2) is 7.43. The molecule has 1 aromatic carbocycles. The number of nitrogens with zero attached hydrogens (tertiary/aromatic N) is 3. The van der Waals surface area contributed by atoms with E-state index in [0.717, 1.165) is 28.3 Å². The number of rotatable bonds is 6. The summed E-state index contributed by atoms with van der Waals surface area (Å²) >= 11 is 1.29. The minimum atomic E-state index is -1.19. The van der Waals surface area contributed by atoms with Crippen LogP contribution in [0.25, 0.3) is 0 Å². The minimum absolute atomic E-state index is 0.358. The number of nitrogens with one attached hydrogen (secondary N) is 2. The van der Waals surface area contributed by atoms with Crippen molar-refractivity contribution in [2.75, 3.05) is 11.9 Å². The van der Waals surface area contributed by atoms with Gasteiger partial charge in [-0.25, -0.2) is 4.79 Å². The van der Waals surface area contributed by atoms with Crippen molar-refractivity contribution in [2.24, 2.45) is 0 Å². The van der Waals surface area contributed by atoms with Gasteiger partial charge in [0.2, 0.25) is 11.0 Å². The average Bonchev–Trinajstić information content (AvgIpc) is 3.14. The fourth-order valence-corrected chi connectivity index (χ4v) is 3.70. The van der Waals surface area contributed by atoms with E-state index in [1.54, 1.807) is 19.1 Å². The smallest absolute Gasteiger partial charge is 0.319 e. The molecule has 1 saturated heterocycles. The van der Waals surface area contributed by atoms with Crippen molar-refractivity contribution < 1.29 is 14.4 Å². The molecule has 4 amide bonds. The number of imide groups is 1. The molecule has 1 aliphatic rings. The molecule has 1 aromatic heterocycles. The lowest BCUT2D eigenvalue weighted by molar-refractivity contribution is -0.133. The van der Waals surface area contributed by atoms with Gasteiger partial charge in [0, 0.05) is 6.42 Å². The maximum atomic E-state index is 12.8. The zero-order valence-corrected chi connectivity index (χ0v) is 16.2. The summed E-state index contributed by atoms with van der Waals surface area (Å²) in [7, 11) is 0. The molecule has 0 bridgehead atoms. The van der Waals surface area contributed by atoms with Gasteiger partial charge in [0.1, 0.15) is 17.1 Å². The highest BCUT2D eigenvalue weighted by atomic mass is 32.1. The monoisotopic (exact) mass is 387 g/mol. The maximum absolute atomic E-state index is 12.8. The van der Waals surface area contributed by atoms with Gasteiger partial charge in [-0.05, 0) is 25.8 Å². The summed E-state index contributed by atoms with van der Waals surface area (Å²) in [5, 5.41) is 14.4. The molecule has 1 aliphatic heterocycles. The molecular formula is C18H21N5O3S. The average molecular weight is 387 g/mol. The largest absolute Gasteiger partial charge is 0.325 e. The number of amides is 4. The third kappa shape index (κ3) is 3.82. The molecule has 1 fully saturated rings. The van der Waals surface area contributed by atoms with E-state index in [4.69, 9.17) is 0 Å². The highest BCUT2D eigenvalue weighted by Gasteiger charge is 2.49. The van der Waals surface area contributed by atoms with Gasteiger partial charge in [0.25, 0.3) is 5.91 Å². The second-order valence-electron chi connectivity index (χ2n) is 6.61. The van der Waals surface area contributed by atoms with Crippen LogP contribution in [0, 0.1) is 6.92 Å². The van der Waals surface area contributed by atoms with Gasteiger partial charge in [-0.15, -0.1) is 10.2 Å². The highest BCUT2D eigenvalue weighted by molar-refractivity contribution is 7.15. The third-order valence-corrected chi connectivity index (χ3v) is 5.28. The maximum Gasteiger partial charge on any atom is 0.325 e. The van der Waals surface area contributed by atoms with Crippen LogP contribution in [0.4, 0.5) is 9.93 Å². The molecule has 0 saturated carbocycles.